The fourth-order valence-corrected chi connectivity index (χ4v) is 4.12. The molecule has 4 rings (SSSR count). The third kappa shape index (κ3) is 3.58. The van der Waals surface area contributed by atoms with E-state index < -0.39 is 0 Å². The van der Waals surface area contributed by atoms with Crippen molar-refractivity contribution >= 4 is 27.4 Å². The molecule has 0 spiro atoms. The number of nitrogens with zero attached hydrogens (tertiary/aromatic N) is 3. The van der Waals surface area contributed by atoms with E-state index in [0.717, 1.165) is 21.3 Å². The minimum absolute atomic E-state index is 0.0725. The number of halogens is 1. The van der Waals surface area contributed by atoms with Crippen LogP contribution in [0.5, 0.6) is 5.75 Å². The quantitative estimate of drug-likeness (QED) is 0.603. The lowest BCUT2D eigenvalue weighted by Gasteiger charge is -2.26. The van der Waals surface area contributed by atoms with Gasteiger partial charge in [-0.05, 0) is 47.5 Å². The van der Waals surface area contributed by atoms with Crippen molar-refractivity contribution in [3.05, 3.63) is 64.9 Å². The average molecular weight is 428 g/mol. The Morgan fingerprint density at radius 2 is 2.00 bits per heavy atom. The summed E-state index contributed by atoms with van der Waals surface area (Å²) in [6.45, 7) is 4.84. The first kappa shape index (κ1) is 18.0. The topological polar surface area (TPSA) is 46.8 Å². The number of benzene rings is 1. The highest BCUT2D eigenvalue weighted by molar-refractivity contribution is 9.10. The van der Waals surface area contributed by atoms with Crippen LogP contribution in [0.15, 0.2) is 59.3 Å². The molecule has 1 aromatic carbocycles. The van der Waals surface area contributed by atoms with Gasteiger partial charge in [-0.2, -0.15) is 5.10 Å². The summed E-state index contributed by atoms with van der Waals surface area (Å²) in [6.07, 6.45) is 4.09. The van der Waals surface area contributed by atoms with Gasteiger partial charge in [0.2, 0.25) is 5.91 Å². The zero-order valence-electron chi connectivity index (χ0n) is 15.4. The first-order valence-corrected chi connectivity index (χ1v) is 9.96. The van der Waals surface area contributed by atoms with Gasteiger partial charge in [-0.25, -0.2) is 4.52 Å². The lowest BCUT2D eigenvalue weighted by atomic mass is 10.0. The Kier molecular flexibility index (Phi) is 4.91. The smallest absolute Gasteiger partial charge is 0.223 e. The first-order valence-electron chi connectivity index (χ1n) is 9.17. The molecule has 3 atom stereocenters. The molecule has 0 N–H and O–H groups in total. The number of likely N-dealkylation sites (tertiary alicyclic amines) is 1. The highest BCUT2D eigenvalue weighted by Crippen LogP contribution is 2.33. The normalized spacial score (nSPS) is 19.4. The predicted molar refractivity (Wildman–Crippen MR) is 108 cm³/mol. The summed E-state index contributed by atoms with van der Waals surface area (Å²) in [6, 6.07) is 14.1. The van der Waals surface area contributed by atoms with E-state index in [1.807, 2.05) is 48.4 Å². The summed E-state index contributed by atoms with van der Waals surface area (Å²) < 4.78 is 8.96. The van der Waals surface area contributed by atoms with Crippen LogP contribution in [0.3, 0.4) is 0 Å². The third-order valence-corrected chi connectivity index (χ3v) is 5.79. The molecule has 5 nitrogen and oxygen atoms in total. The van der Waals surface area contributed by atoms with Crippen LogP contribution < -0.4 is 4.74 Å². The number of aromatic nitrogens is 2. The monoisotopic (exact) mass is 427 g/mol. The van der Waals surface area contributed by atoms with Gasteiger partial charge >= 0.3 is 0 Å². The van der Waals surface area contributed by atoms with Crippen molar-refractivity contribution in [2.45, 2.75) is 32.4 Å². The Bertz CT molecular complexity index is 956. The molecule has 1 aliphatic rings. The Morgan fingerprint density at radius 3 is 2.78 bits per heavy atom. The molecule has 1 saturated heterocycles. The van der Waals surface area contributed by atoms with E-state index in [0.29, 0.717) is 13.0 Å². The van der Waals surface area contributed by atoms with Crippen molar-refractivity contribution in [3.8, 4) is 5.75 Å². The van der Waals surface area contributed by atoms with Crippen LogP contribution in [0.1, 0.15) is 31.9 Å². The molecule has 3 aromatic rings. The third-order valence-electron chi connectivity index (χ3n) is 5.35. The highest BCUT2D eigenvalue weighted by Gasteiger charge is 2.36. The van der Waals surface area contributed by atoms with E-state index in [1.54, 1.807) is 10.7 Å². The largest absolute Gasteiger partial charge is 0.488 e. The van der Waals surface area contributed by atoms with Gasteiger partial charge in [0.1, 0.15) is 17.4 Å². The predicted octanol–water partition coefficient (Wildman–Crippen LogP) is 4.47. The van der Waals surface area contributed by atoms with Gasteiger partial charge in [-0.3, -0.25) is 4.79 Å². The van der Waals surface area contributed by atoms with Crippen LogP contribution in [0.2, 0.25) is 0 Å². The molecular weight excluding hydrogens is 406 g/mol. The van der Waals surface area contributed by atoms with Crippen LogP contribution >= 0.6 is 15.9 Å². The average Bonchev–Trinajstić information content (AvgIpc) is 3.28. The van der Waals surface area contributed by atoms with Crippen molar-refractivity contribution in [2.75, 3.05) is 6.54 Å². The zero-order chi connectivity index (χ0) is 19.0. The zero-order valence-corrected chi connectivity index (χ0v) is 17.0. The Labute approximate surface area is 167 Å². The second-order valence-electron chi connectivity index (χ2n) is 7.10. The van der Waals surface area contributed by atoms with Crippen molar-refractivity contribution in [1.29, 1.82) is 0 Å². The second-order valence-corrected chi connectivity index (χ2v) is 8.02. The summed E-state index contributed by atoms with van der Waals surface area (Å²) in [5, 5.41) is 4.27. The Balaban J connectivity index is 1.49. The molecule has 6 heteroatoms. The van der Waals surface area contributed by atoms with Gasteiger partial charge in [0.05, 0.1) is 12.2 Å². The lowest BCUT2D eigenvalue weighted by molar-refractivity contribution is -0.129. The van der Waals surface area contributed by atoms with Crippen molar-refractivity contribution in [1.82, 2.24) is 14.5 Å². The minimum atomic E-state index is -0.0741. The summed E-state index contributed by atoms with van der Waals surface area (Å²) in [4.78, 5) is 14.6. The molecule has 0 saturated carbocycles. The number of hydrogen-bond donors (Lipinski definition) is 0. The molecule has 0 aliphatic carbocycles. The van der Waals surface area contributed by atoms with Gasteiger partial charge in [0.15, 0.2) is 0 Å². The molecule has 1 amide bonds. The molecule has 1 fully saturated rings. The molecule has 1 unspecified atom stereocenters. The van der Waals surface area contributed by atoms with E-state index in [1.165, 1.54) is 0 Å². The SMILES string of the molecule is C[C@H](c1ccccc1)N1CC([C@@H](C)Oc2cc(Br)cn3nccc23)CC1=O. The van der Waals surface area contributed by atoms with E-state index in [2.05, 4.69) is 40.1 Å². The molecule has 27 heavy (non-hydrogen) atoms. The summed E-state index contributed by atoms with van der Waals surface area (Å²) in [5.74, 6) is 1.12. The number of amides is 1. The summed E-state index contributed by atoms with van der Waals surface area (Å²) >= 11 is 3.50. The van der Waals surface area contributed by atoms with Crippen molar-refractivity contribution in [3.63, 3.8) is 0 Å². The lowest BCUT2D eigenvalue weighted by Crippen LogP contribution is -2.31. The van der Waals surface area contributed by atoms with Crippen LogP contribution in [0.4, 0.5) is 0 Å². The van der Waals surface area contributed by atoms with Crippen LogP contribution in [-0.4, -0.2) is 33.1 Å². The summed E-state index contributed by atoms with van der Waals surface area (Å²) in [5.41, 5.74) is 2.08. The van der Waals surface area contributed by atoms with E-state index in [9.17, 15) is 4.79 Å². The number of ether oxygens (including phenoxy) is 1. The first-order chi connectivity index (χ1) is 13.0. The molecule has 140 valence electrons. The number of pyridine rings is 1. The van der Waals surface area contributed by atoms with Crippen molar-refractivity contribution < 1.29 is 9.53 Å². The standard InChI is InChI=1S/C21H22BrN3O2/c1-14(16-6-4-3-5-7-16)24-12-17(10-21(24)26)15(2)27-20-11-18(22)13-25-19(20)8-9-23-25/h3-9,11,13-15,17H,10,12H2,1-2H3/t14-,15-,17?/m1/s1. The van der Waals surface area contributed by atoms with Crippen molar-refractivity contribution in [2.24, 2.45) is 5.92 Å². The number of carbonyl (C=O) groups excluding carboxylic acids is 1. The maximum atomic E-state index is 12.6. The molecule has 0 radical (unpaired) electrons. The van der Waals surface area contributed by atoms with E-state index in [4.69, 9.17) is 4.74 Å². The van der Waals surface area contributed by atoms with Crippen LogP contribution in [-0.2, 0) is 4.79 Å². The Morgan fingerprint density at radius 1 is 1.22 bits per heavy atom. The van der Waals surface area contributed by atoms with Gasteiger partial charge in [-0.15, -0.1) is 0 Å². The van der Waals surface area contributed by atoms with Gasteiger partial charge in [0.25, 0.3) is 0 Å². The number of hydrogen-bond acceptors (Lipinski definition) is 3. The molecule has 3 heterocycles. The maximum absolute atomic E-state index is 12.6. The summed E-state index contributed by atoms with van der Waals surface area (Å²) in [7, 11) is 0. The molecule has 2 aromatic heterocycles. The number of rotatable bonds is 5. The highest BCUT2D eigenvalue weighted by atomic mass is 79.9. The van der Waals surface area contributed by atoms with E-state index in [-0.39, 0.29) is 24.0 Å². The molecule has 1 aliphatic heterocycles. The maximum Gasteiger partial charge on any atom is 0.223 e. The minimum Gasteiger partial charge on any atom is -0.488 e. The van der Waals surface area contributed by atoms with Gasteiger partial charge in [-0.1, -0.05) is 30.3 Å². The van der Waals surface area contributed by atoms with Crippen LogP contribution in [0.25, 0.3) is 5.52 Å². The second kappa shape index (κ2) is 7.35. The molecular formula is C21H22BrN3O2. The van der Waals surface area contributed by atoms with Gasteiger partial charge in [0, 0.05) is 29.6 Å². The van der Waals surface area contributed by atoms with E-state index >= 15 is 0 Å². The number of carbonyl (C=O) groups is 1. The fourth-order valence-electron chi connectivity index (χ4n) is 3.72. The number of fused-ring (bicyclic) bond motifs is 1. The molecule has 0 bridgehead atoms. The Hall–Kier alpha value is -2.34. The van der Waals surface area contributed by atoms with Crippen LogP contribution in [0, 0.1) is 5.92 Å². The van der Waals surface area contributed by atoms with Gasteiger partial charge < -0.3 is 9.64 Å². The fraction of sp³-hybridized carbons (Fsp3) is 0.333.